The van der Waals surface area contributed by atoms with Gasteiger partial charge in [0, 0.05) is 19.5 Å². The van der Waals surface area contributed by atoms with Gasteiger partial charge in [0.05, 0.1) is 18.3 Å². The van der Waals surface area contributed by atoms with Crippen molar-refractivity contribution < 1.29 is 24.5 Å². The van der Waals surface area contributed by atoms with Gasteiger partial charge in [0.25, 0.3) is 0 Å². The lowest BCUT2D eigenvalue weighted by Gasteiger charge is -2.28. The normalized spacial score (nSPS) is 14.6. The third-order valence-electron chi connectivity index (χ3n) is 8.36. The van der Waals surface area contributed by atoms with Gasteiger partial charge in [-0.15, -0.1) is 0 Å². The number of aliphatic carboxylic acids is 1. The number of hydrogen-bond acceptors (Lipinski definition) is 4. The quantitative estimate of drug-likeness (QED) is 0.160. The van der Waals surface area contributed by atoms with Crippen LogP contribution in [-0.4, -0.2) is 40.1 Å². The van der Waals surface area contributed by atoms with Gasteiger partial charge in [-0.1, -0.05) is 98.8 Å². The van der Waals surface area contributed by atoms with Crippen molar-refractivity contribution in [1.82, 2.24) is 4.90 Å². The zero-order chi connectivity index (χ0) is 29.6. The molecule has 1 aliphatic carbocycles. The first-order valence-corrected chi connectivity index (χ1v) is 15.5. The van der Waals surface area contributed by atoms with Gasteiger partial charge in [0.2, 0.25) is 0 Å². The molecule has 4 rings (SSSR count). The van der Waals surface area contributed by atoms with E-state index in [1.807, 2.05) is 30.3 Å². The van der Waals surface area contributed by atoms with Gasteiger partial charge < -0.3 is 14.9 Å². The molecule has 3 aromatic rings. The highest BCUT2D eigenvalue weighted by Crippen LogP contribution is 2.28. The average Bonchev–Trinajstić information content (AvgIpc) is 3.01. The van der Waals surface area contributed by atoms with E-state index in [4.69, 9.17) is 9.84 Å². The van der Waals surface area contributed by atoms with Crippen molar-refractivity contribution in [1.29, 1.82) is 0 Å². The largest absolute Gasteiger partial charge is 0.481 e. The Morgan fingerprint density at radius 3 is 2.14 bits per heavy atom. The maximum Gasteiger partial charge on any atom is 0.335 e. The van der Waals surface area contributed by atoms with Gasteiger partial charge >= 0.3 is 11.9 Å². The molecule has 0 unspecified atom stereocenters. The average molecular weight is 572 g/mol. The maximum absolute atomic E-state index is 11.3. The summed E-state index contributed by atoms with van der Waals surface area (Å²) in [6.45, 7) is 2.48. The van der Waals surface area contributed by atoms with E-state index in [0.717, 1.165) is 42.0 Å². The summed E-state index contributed by atoms with van der Waals surface area (Å²) < 4.78 is 6.56. The number of hydrogen-bond donors (Lipinski definition) is 2. The lowest BCUT2D eigenvalue weighted by Crippen LogP contribution is -2.30. The molecule has 0 bridgehead atoms. The maximum atomic E-state index is 11.3. The van der Waals surface area contributed by atoms with Crippen molar-refractivity contribution in [2.75, 3.05) is 13.1 Å². The molecular weight excluding hydrogens is 526 g/mol. The Hall–Kier alpha value is -3.48. The van der Waals surface area contributed by atoms with Crippen LogP contribution in [-0.2, 0) is 29.1 Å². The monoisotopic (exact) mass is 571 g/mol. The van der Waals surface area contributed by atoms with E-state index >= 15 is 0 Å². The lowest BCUT2D eigenvalue weighted by molar-refractivity contribution is -0.137. The van der Waals surface area contributed by atoms with Crippen LogP contribution in [0.3, 0.4) is 0 Å². The minimum absolute atomic E-state index is 0.149. The molecule has 0 saturated heterocycles. The van der Waals surface area contributed by atoms with Crippen molar-refractivity contribution in [3.63, 3.8) is 0 Å². The van der Waals surface area contributed by atoms with Crippen molar-refractivity contribution >= 4 is 11.9 Å². The number of aromatic carboxylic acids is 1. The van der Waals surface area contributed by atoms with Gasteiger partial charge in [-0.05, 0) is 72.5 Å². The molecule has 42 heavy (non-hydrogen) atoms. The highest BCUT2D eigenvalue weighted by molar-refractivity contribution is 5.87. The molecule has 0 aromatic heterocycles. The molecule has 0 spiro atoms. The Labute approximate surface area is 250 Å². The number of nitrogens with zero attached hydrogens (tertiary/aromatic N) is 1. The Balaban J connectivity index is 1.40. The number of unbranched alkanes of at least 4 members (excludes halogenated alkanes) is 1. The molecule has 0 heterocycles. The molecule has 0 aliphatic heterocycles. The first-order valence-electron chi connectivity index (χ1n) is 15.5. The zero-order valence-electron chi connectivity index (χ0n) is 24.6. The molecule has 2 N–H and O–H groups in total. The van der Waals surface area contributed by atoms with Gasteiger partial charge in [0.1, 0.15) is 0 Å². The molecule has 1 fully saturated rings. The fraction of sp³-hybridized carbons (Fsp3) is 0.444. The standard InChI is InChI=1S/C36H45NO5/c38-35(39)13-7-8-24-37(25-30-20-22-33(23-21-30)36(40)41)26-34(32-11-5-2-6-12-32)42-27-31-18-16-29(17-19-31)15-14-28-9-3-1-4-10-28/h2,5-6,11-12,16-23,28,34H,1,3-4,7-10,13-15,24-27H2,(H,38,39)(H,40,41)/t34-/m0/s1. The molecule has 1 aliphatic rings. The van der Waals surface area contributed by atoms with Gasteiger partial charge in [-0.3, -0.25) is 9.69 Å². The molecule has 0 radical (unpaired) electrons. The molecular formula is C36H45NO5. The molecule has 1 saturated carbocycles. The lowest BCUT2D eigenvalue weighted by atomic mass is 9.85. The second-order valence-electron chi connectivity index (χ2n) is 11.7. The Morgan fingerprint density at radius 1 is 0.810 bits per heavy atom. The van der Waals surface area contributed by atoms with Crippen LogP contribution in [0.4, 0.5) is 0 Å². The van der Waals surface area contributed by atoms with Crippen LogP contribution in [0.5, 0.6) is 0 Å². The van der Waals surface area contributed by atoms with Gasteiger partial charge in [0.15, 0.2) is 0 Å². The Morgan fingerprint density at radius 2 is 1.48 bits per heavy atom. The Bertz CT molecular complexity index is 1220. The van der Waals surface area contributed by atoms with E-state index in [0.29, 0.717) is 26.1 Å². The van der Waals surface area contributed by atoms with Crippen LogP contribution in [0.2, 0.25) is 0 Å². The molecule has 0 amide bonds. The summed E-state index contributed by atoms with van der Waals surface area (Å²) in [6.07, 6.45) is 10.7. The third-order valence-corrected chi connectivity index (χ3v) is 8.36. The summed E-state index contributed by atoms with van der Waals surface area (Å²) in [4.78, 5) is 24.6. The van der Waals surface area contributed by atoms with Crippen LogP contribution in [0, 0.1) is 5.92 Å². The summed E-state index contributed by atoms with van der Waals surface area (Å²) in [5, 5.41) is 18.3. The van der Waals surface area contributed by atoms with Crippen LogP contribution < -0.4 is 0 Å². The van der Waals surface area contributed by atoms with E-state index in [-0.39, 0.29) is 18.1 Å². The molecule has 3 aromatic carbocycles. The summed E-state index contributed by atoms with van der Waals surface area (Å²) in [7, 11) is 0. The molecule has 1 atom stereocenters. The zero-order valence-corrected chi connectivity index (χ0v) is 24.6. The first-order chi connectivity index (χ1) is 20.5. The number of carboxylic acids is 2. The van der Waals surface area contributed by atoms with E-state index in [2.05, 4.69) is 41.3 Å². The van der Waals surface area contributed by atoms with Crippen LogP contribution in [0.25, 0.3) is 0 Å². The smallest absolute Gasteiger partial charge is 0.335 e. The number of ether oxygens (including phenoxy) is 1. The van der Waals surface area contributed by atoms with Crippen LogP contribution in [0.15, 0.2) is 78.9 Å². The van der Waals surface area contributed by atoms with Crippen molar-refractivity contribution in [2.45, 2.75) is 83.5 Å². The van der Waals surface area contributed by atoms with Crippen molar-refractivity contribution in [2.24, 2.45) is 5.92 Å². The van der Waals surface area contributed by atoms with Gasteiger partial charge in [-0.2, -0.15) is 0 Å². The molecule has 6 nitrogen and oxygen atoms in total. The SMILES string of the molecule is O=C(O)CCCCN(Cc1ccc(C(=O)O)cc1)C[C@H](OCc1ccc(CCC2CCCCC2)cc1)c1ccccc1. The topological polar surface area (TPSA) is 87.1 Å². The van der Waals surface area contributed by atoms with Crippen LogP contribution in [0.1, 0.15) is 96.5 Å². The van der Waals surface area contributed by atoms with E-state index in [1.165, 1.54) is 44.1 Å². The minimum atomic E-state index is -0.943. The highest BCUT2D eigenvalue weighted by Gasteiger charge is 2.19. The summed E-state index contributed by atoms with van der Waals surface area (Å²) >= 11 is 0. The van der Waals surface area contributed by atoms with E-state index < -0.39 is 11.9 Å². The third kappa shape index (κ3) is 10.7. The predicted molar refractivity (Wildman–Crippen MR) is 165 cm³/mol. The fourth-order valence-electron chi connectivity index (χ4n) is 5.86. The van der Waals surface area contributed by atoms with E-state index in [1.54, 1.807) is 12.1 Å². The highest BCUT2D eigenvalue weighted by atomic mass is 16.5. The van der Waals surface area contributed by atoms with E-state index in [9.17, 15) is 14.7 Å². The summed E-state index contributed by atoms with van der Waals surface area (Å²) in [5.41, 5.74) is 4.91. The first kappa shape index (κ1) is 31.5. The number of carbonyl (C=O) groups is 2. The number of carboxylic acid groups (broad SMARTS) is 2. The van der Waals surface area contributed by atoms with Crippen LogP contribution >= 0.6 is 0 Å². The fourth-order valence-corrected chi connectivity index (χ4v) is 5.86. The minimum Gasteiger partial charge on any atom is -0.481 e. The van der Waals surface area contributed by atoms with Crippen molar-refractivity contribution in [3.05, 3.63) is 107 Å². The second kappa shape index (κ2) is 16.8. The van der Waals surface area contributed by atoms with Gasteiger partial charge in [-0.25, -0.2) is 4.79 Å². The number of benzene rings is 3. The predicted octanol–water partition coefficient (Wildman–Crippen LogP) is 7.91. The van der Waals surface area contributed by atoms with Crippen molar-refractivity contribution in [3.8, 4) is 0 Å². The summed E-state index contributed by atoms with van der Waals surface area (Å²) in [6, 6.07) is 26.0. The number of rotatable bonds is 17. The number of aryl methyl sites for hydroxylation is 1. The Kier molecular flexibility index (Phi) is 12.6. The molecule has 6 heteroatoms. The summed E-state index contributed by atoms with van der Waals surface area (Å²) in [5.74, 6) is -0.839. The molecule has 224 valence electrons. The second-order valence-corrected chi connectivity index (χ2v) is 11.7.